The lowest BCUT2D eigenvalue weighted by Crippen LogP contribution is -2.18. The van der Waals surface area contributed by atoms with Crippen LogP contribution in [-0.2, 0) is 0 Å². The fourth-order valence-corrected chi connectivity index (χ4v) is 2.69. The maximum atomic E-state index is 3.45. The maximum Gasteiger partial charge on any atom is 0.0175 e. The molecule has 0 aliphatic heterocycles. The standard InChI is InChI=1S/C11H16BrP/c1-11(2,3)13(4)10-7-5-9(12)6-8-10/h5-8H,1-4H3. The Kier molecular flexibility index (Phi) is 3.54. The lowest BCUT2D eigenvalue weighted by Gasteiger charge is -2.28. The van der Waals surface area contributed by atoms with Crippen molar-refractivity contribution >= 4 is 29.2 Å². The van der Waals surface area contributed by atoms with E-state index in [2.05, 4.69) is 67.6 Å². The van der Waals surface area contributed by atoms with Crippen molar-refractivity contribution in [1.29, 1.82) is 0 Å². The van der Waals surface area contributed by atoms with E-state index >= 15 is 0 Å². The summed E-state index contributed by atoms with van der Waals surface area (Å²) in [5.74, 6) is 0. The second-order valence-electron chi connectivity index (χ2n) is 4.21. The van der Waals surface area contributed by atoms with Crippen molar-refractivity contribution in [3.8, 4) is 0 Å². The summed E-state index contributed by atoms with van der Waals surface area (Å²) in [7, 11) is -0.0499. The maximum absolute atomic E-state index is 3.45. The Balaban J connectivity index is 2.90. The minimum atomic E-state index is -0.0499. The van der Waals surface area contributed by atoms with Crippen LogP contribution in [0.15, 0.2) is 28.7 Å². The van der Waals surface area contributed by atoms with Gasteiger partial charge >= 0.3 is 0 Å². The van der Waals surface area contributed by atoms with E-state index in [4.69, 9.17) is 0 Å². The molecule has 0 aliphatic carbocycles. The molecule has 1 aromatic rings. The Labute approximate surface area is 90.6 Å². The Morgan fingerprint density at radius 3 is 1.92 bits per heavy atom. The van der Waals surface area contributed by atoms with Crippen LogP contribution in [0.3, 0.4) is 0 Å². The summed E-state index contributed by atoms with van der Waals surface area (Å²) in [6, 6.07) is 8.70. The van der Waals surface area contributed by atoms with Crippen molar-refractivity contribution in [2.45, 2.75) is 25.9 Å². The highest BCUT2D eigenvalue weighted by Crippen LogP contribution is 2.44. The number of benzene rings is 1. The topological polar surface area (TPSA) is 0 Å². The van der Waals surface area contributed by atoms with Crippen molar-refractivity contribution in [2.75, 3.05) is 6.66 Å². The average molecular weight is 259 g/mol. The van der Waals surface area contributed by atoms with Crippen LogP contribution >= 0.6 is 23.9 Å². The van der Waals surface area contributed by atoms with Crippen LogP contribution in [-0.4, -0.2) is 11.8 Å². The molecule has 0 nitrogen and oxygen atoms in total. The predicted molar refractivity (Wildman–Crippen MR) is 66.4 cm³/mol. The molecule has 0 radical (unpaired) electrons. The van der Waals surface area contributed by atoms with Gasteiger partial charge in [0.15, 0.2) is 0 Å². The van der Waals surface area contributed by atoms with Crippen molar-refractivity contribution in [3.05, 3.63) is 28.7 Å². The van der Waals surface area contributed by atoms with Crippen molar-refractivity contribution in [2.24, 2.45) is 0 Å². The van der Waals surface area contributed by atoms with E-state index in [-0.39, 0.29) is 7.92 Å². The highest BCUT2D eigenvalue weighted by molar-refractivity contribution is 9.10. The molecule has 1 rings (SSSR count). The molecule has 1 atom stereocenters. The normalized spacial score (nSPS) is 14.2. The van der Waals surface area contributed by atoms with E-state index in [9.17, 15) is 0 Å². The zero-order valence-corrected chi connectivity index (χ0v) is 11.1. The van der Waals surface area contributed by atoms with Gasteiger partial charge in [0.25, 0.3) is 0 Å². The summed E-state index contributed by atoms with van der Waals surface area (Å²) < 4.78 is 1.16. The quantitative estimate of drug-likeness (QED) is 0.669. The van der Waals surface area contributed by atoms with Gasteiger partial charge in [-0.05, 0) is 29.3 Å². The Morgan fingerprint density at radius 2 is 1.54 bits per heavy atom. The molecule has 1 unspecified atom stereocenters. The fraction of sp³-hybridized carbons (Fsp3) is 0.455. The van der Waals surface area contributed by atoms with Crippen LogP contribution in [0.2, 0.25) is 0 Å². The van der Waals surface area contributed by atoms with Gasteiger partial charge in [-0.25, -0.2) is 0 Å². The molecule has 0 spiro atoms. The van der Waals surface area contributed by atoms with Crippen LogP contribution < -0.4 is 5.30 Å². The molecule has 2 heteroatoms. The van der Waals surface area contributed by atoms with E-state index in [1.807, 2.05) is 0 Å². The van der Waals surface area contributed by atoms with Gasteiger partial charge in [-0.2, -0.15) is 0 Å². The van der Waals surface area contributed by atoms with E-state index in [1.54, 1.807) is 0 Å². The highest BCUT2D eigenvalue weighted by Gasteiger charge is 2.20. The van der Waals surface area contributed by atoms with Gasteiger partial charge in [0.1, 0.15) is 0 Å². The van der Waals surface area contributed by atoms with Crippen LogP contribution in [0.1, 0.15) is 20.8 Å². The lowest BCUT2D eigenvalue weighted by atomic mass is 10.3. The third-order valence-electron chi connectivity index (χ3n) is 2.22. The Morgan fingerprint density at radius 1 is 1.08 bits per heavy atom. The second-order valence-corrected chi connectivity index (χ2v) is 8.10. The molecule has 72 valence electrons. The molecule has 1 aromatic carbocycles. The first-order valence-corrected chi connectivity index (χ1v) is 6.99. The van der Waals surface area contributed by atoms with E-state index in [0.29, 0.717) is 5.16 Å². The lowest BCUT2D eigenvalue weighted by molar-refractivity contribution is 0.791. The third kappa shape index (κ3) is 3.07. The van der Waals surface area contributed by atoms with E-state index < -0.39 is 0 Å². The van der Waals surface area contributed by atoms with Gasteiger partial charge in [0, 0.05) is 4.47 Å². The minimum Gasteiger partial charge on any atom is -0.0730 e. The first-order chi connectivity index (χ1) is 5.91. The molecule has 13 heavy (non-hydrogen) atoms. The van der Waals surface area contributed by atoms with Crippen molar-refractivity contribution in [3.63, 3.8) is 0 Å². The van der Waals surface area contributed by atoms with Gasteiger partial charge in [0.2, 0.25) is 0 Å². The SMILES string of the molecule is CP(c1ccc(Br)cc1)C(C)(C)C. The van der Waals surface area contributed by atoms with Gasteiger partial charge in [-0.3, -0.25) is 0 Å². The molecular formula is C11H16BrP. The van der Waals surface area contributed by atoms with Crippen LogP contribution in [0, 0.1) is 0 Å². The second kappa shape index (κ2) is 4.11. The summed E-state index contributed by atoms with van der Waals surface area (Å²) in [6.07, 6.45) is 0. The van der Waals surface area contributed by atoms with Gasteiger partial charge < -0.3 is 0 Å². The summed E-state index contributed by atoms with van der Waals surface area (Å²) in [5, 5.41) is 1.88. The molecular weight excluding hydrogens is 243 g/mol. The van der Waals surface area contributed by atoms with Crippen LogP contribution in [0.25, 0.3) is 0 Å². The molecule has 0 saturated heterocycles. The van der Waals surface area contributed by atoms with Crippen molar-refractivity contribution < 1.29 is 0 Å². The zero-order chi connectivity index (χ0) is 10.1. The van der Waals surface area contributed by atoms with E-state index in [0.717, 1.165) is 4.47 Å². The number of hydrogen-bond donors (Lipinski definition) is 0. The Bertz CT molecular complexity index is 271. The first kappa shape index (κ1) is 11.2. The van der Waals surface area contributed by atoms with E-state index in [1.165, 1.54) is 5.30 Å². The number of halogens is 1. The molecule has 0 aromatic heterocycles. The smallest absolute Gasteiger partial charge is 0.0175 e. The molecule has 0 heterocycles. The molecule has 0 amide bonds. The fourth-order valence-electron chi connectivity index (χ4n) is 1.05. The predicted octanol–water partition coefficient (Wildman–Crippen LogP) is 3.98. The van der Waals surface area contributed by atoms with Crippen LogP contribution in [0.5, 0.6) is 0 Å². The Hall–Kier alpha value is 0.130. The highest BCUT2D eigenvalue weighted by atomic mass is 79.9. The monoisotopic (exact) mass is 258 g/mol. The van der Waals surface area contributed by atoms with Crippen LogP contribution in [0.4, 0.5) is 0 Å². The molecule has 0 N–H and O–H groups in total. The average Bonchev–Trinajstić information content (AvgIpc) is 2.03. The molecule has 0 bridgehead atoms. The largest absolute Gasteiger partial charge is 0.0730 e. The molecule has 0 fully saturated rings. The zero-order valence-electron chi connectivity index (χ0n) is 8.63. The van der Waals surface area contributed by atoms with Crippen molar-refractivity contribution in [1.82, 2.24) is 0 Å². The molecule has 0 aliphatic rings. The number of rotatable bonds is 1. The minimum absolute atomic E-state index is 0.0499. The summed E-state index contributed by atoms with van der Waals surface area (Å²) in [6.45, 7) is 9.26. The summed E-state index contributed by atoms with van der Waals surface area (Å²) in [5.41, 5.74) is 0. The summed E-state index contributed by atoms with van der Waals surface area (Å²) in [4.78, 5) is 0. The van der Waals surface area contributed by atoms with Gasteiger partial charge in [-0.1, -0.05) is 56.8 Å². The van der Waals surface area contributed by atoms with Gasteiger partial charge in [-0.15, -0.1) is 0 Å². The number of hydrogen-bond acceptors (Lipinski definition) is 0. The first-order valence-electron chi connectivity index (χ1n) is 4.40. The molecule has 0 saturated carbocycles. The summed E-state index contributed by atoms with van der Waals surface area (Å²) >= 11 is 3.45. The van der Waals surface area contributed by atoms with Gasteiger partial charge in [0.05, 0.1) is 0 Å². The third-order valence-corrected chi connectivity index (χ3v) is 5.83.